The summed E-state index contributed by atoms with van der Waals surface area (Å²) in [5.41, 5.74) is 7.98. The Bertz CT molecular complexity index is 426. The first-order chi connectivity index (χ1) is 9.27. The third-order valence-electron chi connectivity index (χ3n) is 3.27. The normalized spacial score (nSPS) is 15.2. The molecule has 0 saturated carbocycles. The van der Waals surface area contributed by atoms with Gasteiger partial charge in [0.05, 0.1) is 0 Å². The number of nitrogens with zero attached hydrogens (tertiary/aromatic N) is 2. The molecule has 0 aliphatic rings. The number of aryl methyl sites for hydroxylation is 1. The highest BCUT2D eigenvalue weighted by Gasteiger charge is 2.29. The third kappa shape index (κ3) is 4.84. The second-order valence-corrected chi connectivity index (χ2v) is 6.43. The van der Waals surface area contributed by atoms with Gasteiger partial charge in [-0.2, -0.15) is 0 Å². The molecule has 2 N–H and O–H groups in total. The molecule has 2 atom stereocenters. The highest BCUT2D eigenvalue weighted by molar-refractivity contribution is 5.13. The second-order valence-electron chi connectivity index (χ2n) is 6.43. The largest absolute Gasteiger partial charge is 0.370 e. The van der Waals surface area contributed by atoms with E-state index in [2.05, 4.69) is 32.7 Å². The molecular weight excluding hydrogens is 250 g/mol. The quantitative estimate of drug-likeness (QED) is 0.868. The van der Waals surface area contributed by atoms with Crippen LogP contribution < -0.4 is 5.73 Å². The first-order valence-corrected chi connectivity index (χ1v) is 7.49. The van der Waals surface area contributed by atoms with Gasteiger partial charge in [0, 0.05) is 30.5 Å². The van der Waals surface area contributed by atoms with E-state index in [0.717, 1.165) is 30.1 Å². The van der Waals surface area contributed by atoms with Crippen LogP contribution in [0, 0.1) is 12.3 Å². The van der Waals surface area contributed by atoms with Gasteiger partial charge in [-0.25, -0.2) is 9.97 Å². The van der Waals surface area contributed by atoms with Crippen molar-refractivity contribution < 1.29 is 4.74 Å². The average molecular weight is 279 g/mol. The lowest BCUT2D eigenvalue weighted by Gasteiger charge is -2.29. The van der Waals surface area contributed by atoms with Gasteiger partial charge < -0.3 is 10.5 Å². The van der Waals surface area contributed by atoms with Crippen molar-refractivity contribution in [2.24, 2.45) is 11.1 Å². The second kappa shape index (κ2) is 7.14. The highest BCUT2D eigenvalue weighted by Crippen LogP contribution is 2.34. The van der Waals surface area contributed by atoms with E-state index in [1.165, 1.54) is 0 Å². The van der Waals surface area contributed by atoms with Gasteiger partial charge in [-0.3, -0.25) is 0 Å². The predicted octanol–water partition coefficient (Wildman–Crippen LogP) is 3.19. The van der Waals surface area contributed by atoms with Crippen molar-refractivity contribution in [3.05, 3.63) is 23.3 Å². The van der Waals surface area contributed by atoms with Gasteiger partial charge in [-0.1, -0.05) is 27.7 Å². The fourth-order valence-electron chi connectivity index (χ4n) is 2.17. The van der Waals surface area contributed by atoms with E-state index in [9.17, 15) is 0 Å². The fraction of sp³-hybridized carbons (Fsp3) is 0.750. The van der Waals surface area contributed by atoms with Crippen LogP contribution in [-0.2, 0) is 11.2 Å². The molecule has 0 aromatic carbocycles. The van der Waals surface area contributed by atoms with Crippen LogP contribution in [0.3, 0.4) is 0 Å². The Morgan fingerprint density at radius 2 is 1.90 bits per heavy atom. The van der Waals surface area contributed by atoms with Gasteiger partial charge in [0.2, 0.25) is 0 Å². The molecule has 4 nitrogen and oxygen atoms in total. The molecule has 4 heteroatoms. The van der Waals surface area contributed by atoms with E-state index in [0.29, 0.717) is 6.61 Å². The molecule has 1 aromatic heterocycles. The van der Waals surface area contributed by atoms with Crippen molar-refractivity contribution in [1.82, 2.24) is 9.97 Å². The summed E-state index contributed by atoms with van der Waals surface area (Å²) >= 11 is 0. The van der Waals surface area contributed by atoms with Crippen molar-refractivity contribution in [3.8, 4) is 0 Å². The van der Waals surface area contributed by atoms with Gasteiger partial charge in [0.15, 0.2) is 5.82 Å². The molecule has 0 radical (unpaired) electrons. The average Bonchev–Trinajstić information content (AvgIpc) is 2.33. The van der Waals surface area contributed by atoms with Crippen LogP contribution in [0.2, 0.25) is 0 Å². The summed E-state index contributed by atoms with van der Waals surface area (Å²) in [6.07, 6.45) is 1.64. The summed E-state index contributed by atoms with van der Waals surface area (Å²) in [5.74, 6) is 0.776. The lowest BCUT2D eigenvalue weighted by atomic mass is 9.88. The summed E-state index contributed by atoms with van der Waals surface area (Å²) < 4.78 is 5.88. The van der Waals surface area contributed by atoms with Gasteiger partial charge in [-0.05, 0) is 31.7 Å². The summed E-state index contributed by atoms with van der Waals surface area (Å²) in [5, 5.41) is 0. The number of hydrogen-bond donors (Lipinski definition) is 1. The van der Waals surface area contributed by atoms with Gasteiger partial charge in [0.25, 0.3) is 0 Å². The maximum Gasteiger partial charge on any atom is 0.158 e. The van der Waals surface area contributed by atoms with Crippen LogP contribution in [0.1, 0.15) is 64.4 Å². The standard InChI is InChI=1S/C16H29N3O/c1-7-12(17)10-13-9-11(3)18-15(19-13)14(20-8-2)16(4,5)6/h9,12,14H,7-8,10,17H2,1-6H3. The topological polar surface area (TPSA) is 61.0 Å². The molecule has 0 fully saturated rings. The molecule has 1 aromatic rings. The SMILES string of the molecule is CCOC(c1nc(C)cc(CC(N)CC)n1)C(C)(C)C. The molecule has 20 heavy (non-hydrogen) atoms. The Balaban J connectivity index is 3.09. The van der Waals surface area contributed by atoms with Gasteiger partial charge >= 0.3 is 0 Å². The van der Waals surface area contributed by atoms with Crippen LogP contribution in [0.4, 0.5) is 0 Å². The van der Waals surface area contributed by atoms with Crippen LogP contribution >= 0.6 is 0 Å². The minimum atomic E-state index is -0.0935. The lowest BCUT2D eigenvalue weighted by Crippen LogP contribution is -2.26. The summed E-state index contributed by atoms with van der Waals surface area (Å²) in [7, 11) is 0. The smallest absolute Gasteiger partial charge is 0.158 e. The van der Waals surface area contributed by atoms with Crippen LogP contribution in [0.15, 0.2) is 6.07 Å². The fourth-order valence-corrected chi connectivity index (χ4v) is 2.17. The lowest BCUT2D eigenvalue weighted by molar-refractivity contribution is -0.0193. The molecule has 2 unspecified atom stereocenters. The molecule has 0 saturated heterocycles. The van der Waals surface area contributed by atoms with E-state index in [1.807, 2.05) is 19.9 Å². The van der Waals surface area contributed by atoms with Crippen LogP contribution in [0.25, 0.3) is 0 Å². The van der Waals surface area contributed by atoms with Crippen molar-refractivity contribution in [2.45, 2.75) is 66.5 Å². The van der Waals surface area contributed by atoms with Crippen LogP contribution in [-0.4, -0.2) is 22.6 Å². The Kier molecular flexibility index (Phi) is 6.08. The Morgan fingerprint density at radius 3 is 2.40 bits per heavy atom. The first-order valence-electron chi connectivity index (χ1n) is 7.49. The van der Waals surface area contributed by atoms with Gasteiger partial charge in [0.1, 0.15) is 6.10 Å². The van der Waals surface area contributed by atoms with Crippen LogP contribution in [0.5, 0.6) is 0 Å². The van der Waals surface area contributed by atoms with Crippen molar-refractivity contribution in [3.63, 3.8) is 0 Å². The van der Waals surface area contributed by atoms with E-state index in [4.69, 9.17) is 15.5 Å². The molecule has 1 heterocycles. The summed E-state index contributed by atoms with van der Waals surface area (Å²) in [6.45, 7) is 13.2. The molecule has 0 spiro atoms. The molecule has 0 aliphatic heterocycles. The highest BCUT2D eigenvalue weighted by atomic mass is 16.5. The third-order valence-corrected chi connectivity index (χ3v) is 3.27. The molecule has 114 valence electrons. The minimum Gasteiger partial charge on any atom is -0.370 e. The number of hydrogen-bond acceptors (Lipinski definition) is 4. The number of aromatic nitrogens is 2. The Hall–Kier alpha value is -1.00. The maximum absolute atomic E-state index is 6.03. The number of ether oxygens (including phenoxy) is 1. The van der Waals surface area contributed by atoms with Crippen molar-refractivity contribution in [1.29, 1.82) is 0 Å². The maximum atomic E-state index is 6.03. The zero-order valence-electron chi connectivity index (χ0n) is 13.7. The molecule has 0 aliphatic carbocycles. The van der Waals surface area contributed by atoms with E-state index < -0.39 is 0 Å². The van der Waals surface area contributed by atoms with E-state index in [1.54, 1.807) is 0 Å². The summed E-state index contributed by atoms with van der Waals surface area (Å²) in [6, 6.07) is 2.17. The minimum absolute atomic E-state index is 0.0338. The molecule has 0 amide bonds. The number of nitrogens with two attached hydrogens (primary N) is 1. The zero-order chi connectivity index (χ0) is 15.3. The monoisotopic (exact) mass is 279 g/mol. The first kappa shape index (κ1) is 17.1. The molecule has 0 bridgehead atoms. The Labute approximate surface area is 123 Å². The Morgan fingerprint density at radius 1 is 1.25 bits per heavy atom. The predicted molar refractivity (Wildman–Crippen MR) is 82.6 cm³/mol. The zero-order valence-corrected chi connectivity index (χ0v) is 13.7. The van der Waals surface area contributed by atoms with Crippen molar-refractivity contribution in [2.75, 3.05) is 6.61 Å². The van der Waals surface area contributed by atoms with Crippen molar-refractivity contribution >= 4 is 0 Å². The molecule has 1 rings (SSSR count). The number of rotatable bonds is 6. The molecular formula is C16H29N3O. The summed E-state index contributed by atoms with van der Waals surface area (Å²) in [4.78, 5) is 9.27. The van der Waals surface area contributed by atoms with E-state index >= 15 is 0 Å². The van der Waals surface area contributed by atoms with Gasteiger partial charge in [-0.15, -0.1) is 0 Å². The van der Waals surface area contributed by atoms with E-state index in [-0.39, 0.29) is 17.6 Å².